The Bertz CT molecular complexity index is 384. The highest BCUT2D eigenvalue weighted by Gasteiger charge is 2.20. The van der Waals surface area contributed by atoms with E-state index in [1.54, 1.807) is 7.11 Å². The third-order valence-corrected chi connectivity index (χ3v) is 3.28. The van der Waals surface area contributed by atoms with Crippen molar-refractivity contribution in [3.63, 3.8) is 0 Å². The van der Waals surface area contributed by atoms with Crippen LogP contribution in [0, 0.1) is 5.92 Å². The average Bonchev–Trinajstić information content (AvgIpc) is 2.37. The van der Waals surface area contributed by atoms with Gasteiger partial charge in [-0.1, -0.05) is 32.9 Å². The zero-order chi connectivity index (χ0) is 13.7. The molecule has 2 atom stereocenters. The van der Waals surface area contributed by atoms with Crippen LogP contribution in [0.15, 0.2) is 24.3 Å². The van der Waals surface area contributed by atoms with Gasteiger partial charge in [0.2, 0.25) is 0 Å². The molecule has 0 spiro atoms. The lowest BCUT2D eigenvalue weighted by Crippen LogP contribution is -2.36. The number of Topliss-reactive ketones (excluding diaryl/α,β-unsaturated/α-hetero) is 1. The average molecular weight is 249 g/mol. The molecule has 0 saturated carbocycles. The van der Waals surface area contributed by atoms with Crippen molar-refractivity contribution in [3.05, 3.63) is 29.8 Å². The number of hydrogen-bond acceptors (Lipinski definition) is 3. The number of carbonyl (C=O) groups is 1. The molecule has 0 amide bonds. The zero-order valence-electron chi connectivity index (χ0n) is 11.6. The highest BCUT2D eigenvalue weighted by Crippen LogP contribution is 2.23. The van der Waals surface area contributed by atoms with Crippen molar-refractivity contribution in [2.75, 3.05) is 7.11 Å². The van der Waals surface area contributed by atoms with Crippen molar-refractivity contribution in [2.45, 2.75) is 39.2 Å². The monoisotopic (exact) mass is 249 g/mol. The summed E-state index contributed by atoms with van der Waals surface area (Å²) in [6.45, 7) is 5.99. The second-order valence-corrected chi connectivity index (χ2v) is 5.11. The van der Waals surface area contributed by atoms with Crippen LogP contribution in [0.25, 0.3) is 0 Å². The summed E-state index contributed by atoms with van der Waals surface area (Å²) in [5.41, 5.74) is 7.00. The molecule has 0 aliphatic rings. The van der Waals surface area contributed by atoms with Crippen LogP contribution < -0.4 is 10.5 Å². The number of ketones is 1. The first-order valence-electron chi connectivity index (χ1n) is 6.38. The highest BCUT2D eigenvalue weighted by molar-refractivity contribution is 5.84. The summed E-state index contributed by atoms with van der Waals surface area (Å²) in [5, 5.41) is 0. The van der Waals surface area contributed by atoms with E-state index in [-0.39, 0.29) is 23.7 Å². The maximum atomic E-state index is 11.9. The number of rotatable bonds is 6. The minimum absolute atomic E-state index is 0.133. The van der Waals surface area contributed by atoms with Gasteiger partial charge < -0.3 is 10.5 Å². The van der Waals surface area contributed by atoms with Crippen molar-refractivity contribution in [1.29, 1.82) is 0 Å². The Hall–Kier alpha value is -1.35. The molecule has 2 N–H and O–H groups in total. The summed E-state index contributed by atoms with van der Waals surface area (Å²) in [6.07, 6.45) is 0.492. The summed E-state index contributed by atoms with van der Waals surface area (Å²) in [7, 11) is 1.64. The van der Waals surface area contributed by atoms with Gasteiger partial charge in [-0.15, -0.1) is 0 Å². The Labute approximate surface area is 109 Å². The molecule has 0 aliphatic carbocycles. The number of benzene rings is 1. The Morgan fingerprint density at radius 2 is 1.78 bits per heavy atom. The first-order valence-corrected chi connectivity index (χ1v) is 6.38. The Morgan fingerprint density at radius 1 is 1.22 bits per heavy atom. The van der Waals surface area contributed by atoms with Crippen molar-refractivity contribution in [2.24, 2.45) is 11.7 Å². The molecule has 100 valence electrons. The van der Waals surface area contributed by atoms with Crippen LogP contribution in [0.1, 0.15) is 38.7 Å². The molecular formula is C15H23NO2. The molecule has 0 saturated heterocycles. The molecule has 3 heteroatoms. The molecule has 0 fully saturated rings. The molecule has 0 aromatic heterocycles. The summed E-state index contributed by atoms with van der Waals surface area (Å²) < 4.78 is 5.11. The van der Waals surface area contributed by atoms with Crippen LogP contribution in [-0.2, 0) is 4.79 Å². The summed E-state index contributed by atoms with van der Waals surface area (Å²) >= 11 is 0. The van der Waals surface area contributed by atoms with Crippen LogP contribution in [-0.4, -0.2) is 18.9 Å². The van der Waals surface area contributed by atoms with Gasteiger partial charge in [0.1, 0.15) is 11.5 Å². The van der Waals surface area contributed by atoms with E-state index >= 15 is 0 Å². The number of ether oxygens (including phenoxy) is 1. The van der Waals surface area contributed by atoms with Crippen LogP contribution in [0.5, 0.6) is 5.75 Å². The predicted octanol–water partition coefficient (Wildman–Crippen LogP) is 2.74. The lowest BCUT2D eigenvalue weighted by Gasteiger charge is -2.17. The summed E-state index contributed by atoms with van der Waals surface area (Å²) in [4.78, 5) is 11.9. The second kappa shape index (κ2) is 6.55. The Balaban J connectivity index is 2.64. The van der Waals surface area contributed by atoms with Gasteiger partial charge in [0, 0.05) is 6.42 Å². The lowest BCUT2D eigenvalue weighted by atomic mass is 9.90. The number of hydrogen-bond donors (Lipinski definition) is 1. The third kappa shape index (κ3) is 3.84. The van der Waals surface area contributed by atoms with Crippen LogP contribution in [0.2, 0.25) is 0 Å². The van der Waals surface area contributed by atoms with Gasteiger partial charge in [-0.3, -0.25) is 4.79 Å². The standard InChI is InChI=1S/C15H23NO2/c1-10(2)15(16)14(17)9-11(3)12-5-7-13(18-4)8-6-12/h5-8,10-11,15H,9,16H2,1-4H3/t11-,15+/m0/s1. The third-order valence-electron chi connectivity index (χ3n) is 3.28. The normalized spacial score (nSPS) is 14.3. The van der Waals surface area contributed by atoms with Gasteiger partial charge in [0.05, 0.1) is 13.2 Å². The van der Waals surface area contributed by atoms with Gasteiger partial charge >= 0.3 is 0 Å². The molecular weight excluding hydrogens is 226 g/mol. The van der Waals surface area contributed by atoms with Crippen molar-refractivity contribution >= 4 is 5.78 Å². The smallest absolute Gasteiger partial charge is 0.150 e. The topological polar surface area (TPSA) is 52.3 Å². The first-order chi connectivity index (χ1) is 8.45. The van der Waals surface area contributed by atoms with E-state index in [0.29, 0.717) is 6.42 Å². The minimum atomic E-state index is -0.356. The number of carbonyl (C=O) groups excluding carboxylic acids is 1. The lowest BCUT2D eigenvalue weighted by molar-refractivity contribution is -0.121. The van der Waals surface area contributed by atoms with Crippen LogP contribution >= 0.6 is 0 Å². The second-order valence-electron chi connectivity index (χ2n) is 5.11. The predicted molar refractivity (Wildman–Crippen MR) is 73.8 cm³/mol. The maximum absolute atomic E-state index is 11.9. The van der Waals surface area contributed by atoms with Crippen LogP contribution in [0.3, 0.4) is 0 Å². The zero-order valence-corrected chi connectivity index (χ0v) is 11.6. The van der Waals surface area contributed by atoms with Crippen molar-refractivity contribution in [3.8, 4) is 5.75 Å². The molecule has 3 nitrogen and oxygen atoms in total. The molecule has 18 heavy (non-hydrogen) atoms. The van der Waals surface area contributed by atoms with Crippen molar-refractivity contribution < 1.29 is 9.53 Å². The SMILES string of the molecule is COc1ccc([C@@H](C)CC(=O)[C@H](N)C(C)C)cc1. The molecule has 0 bridgehead atoms. The maximum Gasteiger partial charge on any atom is 0.150 e. The molecule has 0 heterocycles. The van der Waals surface area contributed by atoms with E-state index < -0.39 is 0 Å². The molecule has 0 unspecified atom stereocenters. The molecule has 1 aromatic carbocycles. The van der Waals surface area contributed by atoms with E-state index in [4.69, 9.17) is 10.5 Å². The fraction of sp³-hybridized carbons (Fsp3) is 0.533. The number of nitrogens with two attached hydrogens (primary N) is 1. The molecule has 0 aliphatic heterocycles. The van der Waals surface area contributed by atoms with Gasteiger partial charge in [0.25, 0.3) is 0 Å². The number of methoxy groups -OCH3 is 1. The van der Waals surface area contributed by atoms with Gasteiger partial charge in [-0.05, 0) is 29.5 Å². The van der Waals surface area contributed by atoms with Gasteiger partial charge in [-0.25, -0.2) is 0 Å². The largest absolute Gasteiger partial charge is 0.497 e. The molecule has 0 radical (unpaired) electrons. The van der Waals surface area contributed by atoms with E-state index in [9.17, 15) is 4.79 Å². The molecule has 1 rings (SSSR count). The quantitative estimate of drug-likeness (QED) is 0.843. The van der Waals surface area contributed by atoms with E-state index in [1.165, 1.54) is 0 Å². The van der Waals surface area contributed by atoms with E-state index in [0.717, 1.165) is 11.3 Å². The summed E-state index contributed by atoms with van der Waals surface area (Å²) in [6, 6.07) is 7.47. The van der Waals surface area contributed by atoms with Gasteiger partial charge in [-0.2, -0.15) is 0 Å². The Kier molecular flexibility index (Phi) is 5.35. The fourth-order valence-corrected chi connectivity index (χ4v) is 1.86. The minimum Gasteiger partial charge on any atom is -0.497 e. The Morgan fingerprint density at radius 3 is 2.22 bits per heavy atom. The van der Waals surface area contributed by atoms with Gasteiger partial charge in [0.15, 0.2) is 0 Å². The molecule has 1 aromatic rings. The highest BCUT2D eigenvalue weighted by atomic mass is 16.5. The fourth-order valence-electron chi connectivity index (χ4n) is 1.86. The van der Waals surface area contributed by atoms with E-state index in [2.05, 4.69) is 0 Å². The summed E-state index contributed by atoms with van der Waals surface area (Å²) in [5.74, 6) is 1.35. The van der Waals surface area contributed by atoms with Crippen molar-refractivity contribution in [1.82, 2.24) is 0 Å². The first kappa shape index (κ1) is 14.7. The van der Waals surface area contributed by atoms with Crippen LogP contribution in [0.4, 0.5) is 0 Å². The van der Waals surface area contributed by atoms with E-state index in [1.807, 2.05) is 45.0 Å².